The monoisotopic (exact) mass is 343 g/mol. The molecule has 1 aliphatic heterocycles. The molecule has 1 N–H and O–H groups in total. The highest BCUT2D eigenvalue weighted by atomic mass is 16.2. The van der Waals surface area contributed by atoms with Gasteiger partial charge < -0.3 is 10.2 Å². The van der Waals surface area contributed by atoms with Crippen LogP contribution in [0, 0.1) is 11.8 Å². The minimum atomic E-state index is -0.124. The summed E-state index contributed by atoms with van der Waals surface area (Å²) in [5.41, 5.74) is 0.884. The molecule has 25 heavy (non-hydrogen) atoms. The SMILES string of the molecule is CC(=O)N[C@H](c1ccccn1)[C@H]1CCCN(C(=O)C2CCCCC2)C1. The van der Waals surface area contributed by atoms with E-state index in [0.29, 0.717) is 5.91 Å². The molecule has 1 saturated carbocycles. The summed E-state index contributed by atoms with van der Waals surface area (Å²) in [4.78, 5) is 31.1. The van der Waals surface area contributed by atoms with Crippen LogP contribution in [0.3, 0.4) is 0 Å². The van der Waals surface area contributed by atoms with E-state index in [-0.39, 0.29) is 23.8 Å². The number of amides is 2. The van der Waals surface area contributed by atoms with Gasteiger partial charge in [-0.2, -0.15) is 0 Å². The number of rotatable bonds is 4. The second-order valence-electron chi connectivity index (χ2n) is 7.45. The van der Waals surface area contributed by atoms with E-state index in [2.05, 4.69) is 10.3 Å². The van der Waals surface area contributed by atoms with Crippen LogP contribution in [0.2, 0.25) is 0 Å². The Hall–Kier alpha value is -1.91. The number of hydrogen-bond donors (Lipinski definition) is 1. The summed E-state index contributed by atoms with van der Waals surface area (Å²) in [6, 6.07) is 5.67. The third-order valence-corrected chi connectivity index (χ3v) is 5.56. The van der Waals surface area contributed by atoms with Gasteiger partial charge >= 0.3 is 0 Å². The maximum Gasteiger partial charge on any atom is 0.225 e. The molecule has 2 amide bonds. The van der Waals surface area contributed by atoms with Crippen molar-refractivity contribution in [3.05, 3.63) is 30.1 Å². The van der Waals surface area contributed by atoms with Gasteiger partial charge in [-0.25, -0.2) is 0 Å². The van der Waals surface area contributed by atoms with Gasteiger partial charge in [-0.05, 0) is 37.8 Å². The fourth-order valence-electron chi connectivity index (χ4n) is 4.30. The smallest absolute Gasteiger partial charge is 0.225 e. The molecule has 0 aromatic carbocycles. The lowest BCUT2D eigenvalue weighted by Crippen LogP contribution is -2.47. The van der Waals surface area contributed by atoms with Crippen molar-refractivity contribution < 1.29 is 9.59 Å². The molecule has 5 nitrogen and oxygen atoms in total. The molecule has 3 rings (SSSR count). The summed E-state index contributed by atoms with van der Waals surface area (Å²) in [5, 5.41) is 3.07. The van der Waals surface area contributed by atoms with Crippen molar-refractivity contribution in [3.63, 3.8) is 0 Å². The van der Waals surface area contributed by atoms with E-state index >= 15 is 0 Å². The van der Waals surface area contributed by atoms with Crippen LogP contribution < -0.4 is 5.32 Å². The Kier molecular flexibility index (Phi) is 6.05. The molecule has 0 radical (unpaired) electrons. The zero-order valence-corrected chi connectivity index (χ0v) is 15.1. The molecule has 0 bridgehead atoms. The van der Waals surface area contributed by atoms with Crippen LogP contribution in [0.4, 0.5) is 0 Å². The number of aromatic nitrogens is 1. The Morgan fingerprint density at radius 2 is 1.96 bits per heavy atom. The molecule has 136 valence electrons. The van der Waals surface area contributed by atoms with Crippen LogP contribution in [0.25, 0.3) is 0 Å². The quantitative estimate of drug-likeness (QED) is 0.914. The van der Waals surface area contributed by atoms with E-state index in [1.165, 1.54) is 19.3 Å². The first-order valence-electron chi connectivity index (χ1n) is 9.62. The molecule has 5 heteroatoms. The van der Waals surface area contributed by atoms with Crippen LogP contribution in [0.1, 0.15) is 63.6 Å². The molecule has 2 aliphatic rings. The van der Waals surface area contributed by atoms with Crippen molar-refractivity contribution in [2.24, 2.45) is 11.8 Å². The predicted molar refractivity (Wildman–Crippen MR) is 96.7 cm³/mol. The van der Waals surface area contributed by atoms with E-state index in [9.17, 15) is 9.59 Å². The highest BCUT2D eigenvalue weighted by molar-refractivity contribution is 5.79. The van der Waals surface area contributed by atoms with E-state index in [1.807, 2.05) is 23.1 Å². The lowest BCUT2D eigenvalue weighted by Gasteiger charge is -2.39. The summed E-state index contributed by atoms with van der Waals surface area (Å²) in [7, 11) is 0. The molecule has 2 atom stereocenters. The molecule has 2 heterocycles. The number of carbonyl (C=O) groups excluding carboxylic acids is 2. The van der Waals surface area contributed by atoms with Crippen LogP contribution in [0.5, 0.6) is 0 Å². The van der Waals surface area contributed by atoms with Crippen molar-refractivity contribution >= 4 is 11.8 Å². The van der Waals surface area contributed by atoms with Gasteiger partial charge in [0.2, 0.25) is 11.8 Å². The van der Waals surface area contributed by atoms with Crippen molar-refractivity contribution in [2.45, 2.75) is 57.9 Å². The van der Waals surface area contributed by atoms with E-state index in [1.54, 1.807) is 13.1 Å². The highest BCUT2D eigenvalue weighted by Crippen LogP contribution is 2.32. The first-order valence-corrected chi connectivity index (χ1v) is 9.62. The molecule has 0 spiro atoms. The number of piperidine rings is 1. The van der Waals surface area contributed by atoms with E-state index < -0.39 is 0 Å². The number of carbonyl (C=O) groups is 2. The first-order chi connectivity index (χ1) is 12.1. The number of nitrogens with zero attached hydrogens (tertiary/aromatic N) is 2. The number of hydrogen-bond acceptors (Lipinski definition) is 3. The van der Waals surface area contributed by atoms with Crippen molar-refractivity contribution in [3.8, 4) is 0 Å². The molecular weight excluding hydrogens is 314 g/mol. The molecule has 1 aromatic rings. The second-order valence-corrected chi connectivity index (χ2v) is 7.45. The van der Waals surface area contributed by atoms with Gasteiger partial charge in [0, 0.05) is 38.0 Å². The Morgan fingerprint density at radius 3 is 2.64 bits per heavy atom. The number of pyridine rings is 1. The predicted octanol–water partition coefficient (Wildman–Crippen LogP) is 3.08. The van der Waals surface area contributed by atoms with Crippen LogP contribution >= 0.6 is 0 Å². The summed E-state index contributed by atoms with van der Waals surface area (Å²) < 4.78 is 0. The van der Waals surface area contributed by atoms with Crippen molar-refractivity contribution in [1.29, 1.82) is 0 Å². The van der Waals surface area contributed by atoms with Gasteiger partial charge in [-0.15, -0.1) is 0 Å². The fourth-order valence-corrected chi connectivity index (χ4v) is 4.30. The first kappa shape index (κ1) is 17.9. The minimum absolute atomic E-state index is 0.0496. The Bertz CT molecular complexity index is 584. The van der Waals surface area contributed by atoms with E-state index in [4.69, 9.17) is 0 Å². The average molecular weight is 343 g/mol. The minimum Gasteiger partial charge on any atom is -0.348 e. The van der Waals surface area contributed by atoms with Crippen LogP contribution in [-0.2, 0) is 9.59 Å². The Morgan fingerprint density at radius 1 is 1.16 bits per heavy atom. The topological polar surface area (TPSA) is 62.3 Å². The normalized spacial score (nSPS) is 23.1. The standard InChI is InChI=1S/C20H29N3O2/c1-15(24)22-19(18-11-5-6-12-21-18)17-10-7-13-23(14-17)20(25)16-8-3-2-4-9-16/h5-6,11-12,16-17,19H,2-4,7-10,13-14H2,1H3,(H,22,24)/t17-,19-/m0/s1. The summed E-state index contributed by atoms with van der Waals surface area (Å²) in [5.74, 6) is 0.708. The van der Waals surface area contributed by atoms with Gasteiger partial charge in [0.15, 0.2) is 0 Å². The Labute approximate surface area is 150 Å². The van der Waals surface area contributed by atoms with Gasteiger partial charge in [-0.3, -0.25) is 14.6 Å². The molecule has 1 aromatic heterocycles. The zero-order valence-electron chi connectivity index (χ0n) is 15.1. The van der Waals surface area contributed by atoms with Crippen molar-refractivity contribution in [1.82, 2.24) is 15.2 Å². The third-order valence-electron chi connectivity index (χ3n) is 5.56. The third kappa shape index (κ3) is 4.59. The summed E-state index contributed by atoms with van der Waals surface area (Å²) in [6.45, 7) is 3.11. The molecular formula is C20H29N3O2. The summed E-state index contributed by atoms with van der Waals surface area (Å²) in [6.07, 6.45) is 9.45. The van der Waals surface area contributed by atoms with Gasteiger partial charge in [0.05, 0.1) is 11.7 Å². The molecule has 0 unspecified atom stereocenters. The lowest BCUT2D eigenvalue weighted by molar-refractivity contribution is -0.138. The lowest BCUT2D eigenvalue weighted by atomic mass is 9.85. The van der Waals surface area contributed by atoms with Gasteiger partial charge in [0.1, 0.15) is 0 Å². The molecule has 1 saturated heterocycles. The largest absolute Gasteiger partial charge is 0.348 e. The van der Waals surface area contributed by atoms with Crippen LogP contribution in [-0.4, -0.2) is 34.8 Å². The van der Waals surface area contributed by atoms with E-state index in [0.717, 1.165) is 44.5 Å². The van der Waals surface area contributed by atoms with Gasteiger partial charge in [0.25, 0.3) is 0 Å². The Balaban J connectivity index is 1.71. The average Bonchev–Trinajstić information content (AvgIpc) is 2.67. The maximum atomic E-state index is 12.9. The van der Waals surface area contributed by atoms with Gasteiger partial charge in [-0.1, -0.05) is 25.3 Å². The fraction of sp³-hybridized carbons (Fsp3) is 0.650. The molecule has 2 fully saturated rings. The zero-order chi connectivity index (χ0) is 17.6. The second kappa shape index (κ2) is 8.45. The molecule has 1 aliphatic carbocycles. The van der Waals surface area contributed by atoms with Crippen LogP contribution in [0.15, 0.2) is 24.4 Å². The summed E-state index contributed by atoms with van der Waals surface area (Å²) >= 11 is 0. The van der Waals surface area contributed by atoms with Crippen molar-refractivity contribution in [2.75, 3.05) is 13.1 Å². The maximum absolute atomic E-state index is 12.9. The number of nitrogens with one attached hydrogen (secondary N) is 1. The number of likely N-dealkylation sites (tertiary alicyclic amines) is 1. The highest BCUT2D eigenvalue weighted by Gasteiger charge is 2.34.